The molecular weight excluding hydrogens is 918 g/mol. The normalized spacial score (nSPS) is 22.5. The van der Waals surface area contributed by atoms with Crippen molar-refractivity contribution in [2.24, 2.45) is 11.3 Å². The molecule has 0 bridgehead atoms. The van der Waals surface area contributed by atoms with Crippen LogP contribution in [0.4, 0.5) is 0 Å². The van der Waals surface area contributed by atoms with Crippen LogP contribution in [0.15, 0.2) is 71.1 Å². The number of hydrogen-bond donors (Lipinski definition) is 2. The van der Waals surface area contributed by atoms with Gasteiger partial charge in [0.15, 0.2) is 0 Å². The summed E-state index contributed by atoms with van der Waals surface area (Å²) in [7, 11) is 0. The molecule has 70 heavy (non-hydrogen) atoms. The Hall–Kier alpha value is -5.28. The second-order valence-electron chi connectivity index (χ2n) is 22.3. The van der Waals surface area contributed by atoms with Crippen LogP contribution in [0.3, 0.4) is 0 Å². The van der Waals surface area contributed by atoms with Crippen molar-refractivity contribution >= 4 is 45.7 Å². The molecule has 2 amide bonds. The first-order valence-corrected chi connectivity index (χ1v) is 26.4. The van der Waals surface area contributed by atoms with E-state index in [-0.39, 0.29) is 42.3 Å². The molecule has 368 valence electrons. The number of thiazole rings is 1. The molecule has 3 aromatic heterocycles. The van der Waals surface area contributed by atoms with Gasteiger partial charge in [-0.1, -0.05) is 74.0 Å². The van der Waals surface area contributed by atoms with Gasteiger partial charge in [0.2, 0.25) is 11.8 Å². The monoisotopic (exact) mass is 983 g/mol. The van der Waals surface area contributed by atoms with Crippen LogP contribution < -0.4 is 10.9 Å². The van der Waals surface area contributed by atoms with E-state index in [1.54, 1.807) is 27.0 Å². The van der Waals surface area contributed by atoms with Crippen LogP contribution in [0, 0.1) is 25.2 Å². The van der Waals surface area contributed by atoms with Gasteiger partial charge in [-0.3, -0.25) is 19.0 Å². The van der Waals surface area contributed by atoms with Crippen molar-refractivity contribution in [3.8, 4) is 16.1 Å². The van der Waals surface area contributed by atoms with Crippen molar-refractivity contribution < 1.29 is 14.7 Å². The van der Waals surface area contributed by atoms with E-state index in [4.69, 9.17) is 11.6 Å². The molecule has 1 saturated carbocycles. The fourth-order valence-corrected chi connectivity index (χ4v) is 13.3. The Morgan fingerprint density at radius 1 is 0.986 bits per heavy atom. The number of aromatic nitrogens is 6. The number of aliphatic hydroxyl groups excluding tert-OH is 1. The van der Waals surface area contributed by atoms with Gasteiger partial charge >= 0.3 is 0 Å². The van der Waals surface area contributed by atoms with E-state index < -0.39 is 29.0 Å². The maximum absolute atomic E-state index is 14.7. The molecule has 2 N–H and O–H groups in total. The summed E-state index contributed by atoms with van der Waals surface area (Å²) in [6.07, 6.45) is 7.79. The Balaban J connectivity index is 0.746. The molecule has 0 radical (unpaired) electrons. The fourth-order valence-electron chi connectivity index (χ4n) is 12.2. The first kappa shape index (κ1) is 48.4. The lowest BCUT2D eigenvalue weighted by Crippen LogP contribution is -2.50. The van der Waals surface area contributed by atoms with Crippen molar-refractivity contribution in [1.82, 2.24) is 44.6 Å². The molecule has 13 nitrogen and oxygen atoms in total. The minimum absolute atomic E-state index is 0.0837. The summed E-state index contributed by atoms with van der Waals surface area (Å²) in [4.78, 5) is 56.1. The van der Waals surface area contributed by atoms with Crippen LogP contribution in [0.5, 0.6) is 0 Å². The van der Waals surface area contributed by atoms with Gasteiger partial charge in [-0.15, -0.1) is 16.4 Å². The minimum Gasteiger partial charge on any atom is -0.391 e. The lowest BCUT2D eigenvalue weighted by molar-refractivity contribution is -0.144. The van der Waals surface area contributed by atoms with E-state index in [9.17, 15) is 19.5 Å². The Bertz CT molecular complexity index is 3030. The quantitative estimate of drug-likeness (QED) is 0.137. The third-order valence-corrected chi connectivity index (χ3v) is 17.3. The molecule has 0 spiro atoms. The average molecular weight is 985 g/mol. The molecular formula is C55H66ClN9O4S. The molecule has 3 fully saturated rings. The minimum atomic E-state index is -0.809. The molecule has 3 aliphatic heterocycles. The third-order valence-electron chi connectivity index (χ3n) is 16.0. The zero-order chi connectivity index (χ0) is 49.4. The highest BCUT2D eigenvalue weighted by atomic mass is 35.5. The number of nitrogens with zero attached hydrogens (tertiary/aromatic N) is 8. The zero-order valence-corrected chi connectivity index (χ0v) is 43.3. The van der Waals surface area contributed by atoms with Gasteiger partial charge in [0.1, 0.15) is 17.9 Å². The first-order valence-electron chi connectivity index (χ1n) is 25.2. The molecule has 0 unspecified atom stereocenters. The number of nitrogens with one attached hydrogen (secondary N) is 1. The maximum Gasteiger partial charge on any atom is 0.282 e. The summed E-state index contributed by atoms with van der Waals surface area (Å²) in [5.41, 5.74) is 10.1. The van der Waals surface area contributed by atoms with Crippen LogP contribution in [0.1, 0.15) is 150 Å². The van der Waals surface area contributed by atoms with Crippen LogP contribution in [-0.2, 0) is 15.0 Å². The number of aryl methyl sites for hydroxylation is 2. The van der Waals surface area contributed by atoms with Crippen LogP contribution >= 0.6 is 22.9 Å². The fraction of sp³-hybridized carbons (Fsp3) is 0.509. The van der Waals surface area contributed by atoms with Crippen molar-refractivity contribution in [2.75, 3.05) is 26.2 Å². The molecule has 3 aromatic carbocycles. The maximum atomic E-state index is 14.7. The molecule has 4 aliphatic rings. The van der Waals surface area contributed by atoms with Gasteiger partial charge in [-0.25, -0.2) is 9.67 Å². The Morgan fingerprint density at radius 2 is 1.74 bits per heavy atom. The number of carbonyl (C=O) groups excluding carboxylic acids is 2. The summed E-state index contributed by atoms with van der Waals surface area (Å²) in [6, 6.07) is 16.9. The Morgan fingerprint density at radius 3 is 2.44 bits per heavy atom. The predicted octanol–water partition coefficient (Wildman–Crippen LogP) is 9.59. The molecule has 4 atom stereocenters. The second kappa shape index (κ2) is 18.7. The van der Waals surface area contributed by atoms with Crippen LogP contribution in [0.25, 0.3) is 27.0 Å². The SMILES string of the molecule is Cc1cc(-c2scnc2C)ccc1[C@H](C)NC(=O)[C@@H]1C[C@@H](O)CN1C(=O)[C@@H](n1cc(C2CCC(CN3CCC(c4ccc5c(c4)-n4c(nc(=O)c6c(Cl)cccc64)C5(C)C)CC3)CC2)nn1)C(C)(C)C. The summed E-state index contributed by atoms with van der Waals surface area (Å²) in [6.45, 7) is 19.6. The lowest BCUT2D eigenvalue weighted by atomic mass is 9.80. The molecule has 10 rings (SSSR count). The number of benzene rings is 3. The van der Waals surface area contributed by atoms with E-state index in [0.29, 0.717) is 22.2 Å². The number of halogens is 1. The highest BCUT2D eigenvalue weighted by Gasteiger charge is 2.46. The molecule has 1 aliphatic carbocycles. The van der Waals surface area contributed by atoms with E-state index >= 15 is 0 Å². The Kier molecular flexibility index (Phi) is 12.9. The topological polar surface area (TPSA) is 151 Å². The van der Waals surface area contributed by atoms with Gasteiger partial charge in [-0.05, 0) is 150 Å². The van der Waals surface area contributed by atoms with Gasteiger partial charge in [0.25, 0.3) is 5.56 Å². The van der Waals surface area contributed by atoms with Gasteiger partial charge < -0.3 is 20.2 Å². The van der Waals surface area contributed by atoms with E-state index in [1.165, 1.54) is 11.1 Å². The number of carbonyl (C=O) groups is 2. The second-order valence-corrected chi connectivity index (χ2v) is 23.5. The molecule has 6 heterocycles. The predicted molar refractivity (Wildman–Crippen MR) is 276 cm³/mol. The number of hydrogen-bond acceptors (Lipinski definition) is 10. The number of likely N-dealkylation sites (tertiary alicyclic amines) is 2. The van der Waals surface area contributed by atoms with E-state index in [2.05, 4.69) is 85.3 Å². The highest BCUT2D eigenvalue weighted by Crippen LogP contribution is 2.45. The molecule has 2 saturated heterocycles. The third kappa shape index (κ3) is 8.91. The molecule has 6 aromatic rings. The number of amides is 2. The van der Waals surface area contributed by atoms with Gasteiger partial charge in [0.05, 0.1) is 60.9 Å². The number of aliphatic hydroxyl groups is 1. The number of β-amino-alcohol motifs (C(OH)–C–C–N with tert-alkyl or cyclic N) is 1. The van der Waals surface area contributed by atoms with Crippen LogP contribution in [0.2, 0.25) is 5.02 Å². The Labute approximate surface area is 419 Å². The summed E-state index contributed by atoms with van der Waals surface area (Å²) >= 11 is 8.16. The van der Waals surface area contributed by atoms with Gasteiger partial charge in [-0.2, -0.15) is 4.98 Å². The van der Waals surface area contributed by atoms with Gasteiger partial charge in [0, 0.05) is 31.6 Å². The largest absolute Gasteiger partial charge is 0.391 e. The van der Waals surface area contributed by atoms with E-state index in [1.807, 2.05) is 65.4 Å². The van der Waals surface area contributed by atoms with Crippen molar-refractivity contribution in [3.05, 3.63) is 121 Å². The summed E-state index contributed by atoms with van der Waals surface area (Å²) in [5.74, 6) is 1.58. The summed E-state index contributed by atoms with van der Waals surface area (Å²) in [5, 5.41) is 24.2. The lowest BCUT2D eigenvalue weighted by Gasteiger charge is -2.36. The van der Waals surface area contributed by atoms with Crippen molar-refractivity contribution in [3.63, 3.8) is 0 Å². The zero-order valence-electron chi connectivity index (χ0n) is 41.7. The van der Waals surface area contributed by atoms with E-state index in [0.717, 1.165) is 108 Å². The standard InChI is InChI=1S/C55H66ClN9O4S/c1-31-24-38(48-33(3)57-30-70-48)16-18-40(31)32(2)58-50(67)46-26-39(66)28-63(46)52(69)49(54(4,5)6)64-29-43(60-61-64)36-14-12-34(13-15-36)27-62-22-20-35(21-23-62)37-17-19-41-45(25-37)65-44-11-9-10-42(56)47(44)51(68)59-53(65)55(41,7)8/h9-11,16-19,24-25,29-30,32,34-36,39,46,49,66H,12-15,20-23,26-28H2,1-8H3,(H,58,67)/t32-,34?,36?,39+,46-,49+/m0/s1. The van der Waals surface area contributed by atoms with Crippen molar-refractivity contribution in [2.45, 2.75) is 142 Å². The molecule has 15 heteroatoms. The number of piperidine rings is 1. The first-order chi connectivity index (χ1) is 33.4. The average Bonchev–Trinajstić information content (AvgIpc) is 4.12. The van der Waals surface area contributed by atoms with Crippen molar-refractivity contribution in [1.29, 1.82) is 0 Å². The smallest absolute Gasteiger partial charge is 0.282 e. The number of rotatable bonds is 10. The summed E-state index contributed by atoms with van der Waals surface area (Å²) < 4.78 is 3.87. The highest BCUT2D eigenvalue weighted by molar-refractivity contribution is 7.13. The number of fused-ring (bicyclic) bond motifs is 5. The van der Waals surface area contributed by atoms with Crippen LogP contribution in [-0.4, -0.2) is 94.6 Å².